The molecule has 0 bridgehead atoms. The molecule has 0 aliphatic carbocycles. The molecule has 2 rings (SSSR count). The second-order valence-corrected chi connectivity index (χ2v) is 4.96. The lowest BCUT2D eigenvalue weighted by molar-refractivity contribution is 0.0627. The summed E-state index contributed by atoms with van der Waals surface area (Å²) in [4.78, 5) is 26.8. The summed E-state index contributed by atoms with van der Waals surface area (Å²) in [5.74, 6) is -1.27. The van der Waals surface area contributed by atoms with Crippen molar-refractivity contribution < 1.29 is 19.1 Å². The van der Waals surface area contributed by atoms with Crippen LogP contribution < -0.4 is 0 Å². The zero-order chi connectivity index (χ0) is 14.0. The fraction of sp³-hybridized carbons (Fsp3) is 0.538. The molecule has 1 aromatic rings. The minimum atomic E-state index is -1.09. The van der Waals surface area contributed by atoms with Gasteiger partial charge in [-0.1, -0.05) is 0 Å². The second kappa shape index (κ2) is 5.44. The van der Waals surface area contributed by atoms with E-state index in [2.05, 4.69) is 11.9 Å². The molecule has 0 radical (unpaired) electrons. The summed E-state index contributed by atoms with van der Waals surface area (Å²) < 4.78 is 5.04. The van der Waals surface area contributed by atoms with E-state index in [1.54, 1.807) is 11.9 Å². The Hall–Kier alpha value is -1.82. The van der Waals surface area contributed by atoms with Crippen LogP contribution in [0.1, 0.15) is 33.8 Å². The fourth-order valence-electron chi connectivity index (χ4n) is 2.28. The van der Waals surface area contributed by atoms with Crippen LogP contribution in [-0.4, -0.2) is 60.0 Å². The van der Waals surface area contributed by atoms with Crippen LogP contribution in [0, 0.1) is 0 Å². The third-order valence-electron chi connectivity index (χ3n) is 3.61. The number of hydrogen-bond acceptors (Lipinski definition) is 4. The maximum absolute atomic E-state index is 12.2. The van der Waals surface area contributed by atoms with Crippen molar-refractivity contribution in [3.63, 3.8) is 0 Å². The van der Waals surface area contributed by atoms with Crippen molar-refractivity contribution in [2.45, 2.75) is 18.9 Å². The van der Waals surface area contributed by atoms with Crippen LogP contribution in [0.2, 0.25) is 0 Å². The first-order chi connectivity index (χ1) is 8.99. The minimum Gasteiger partial charge on any atom is -0.478 e. The van der Waals surface area contributed by atoms with Gasteiger partial charge in [-0.3, -0.25) is 4.79 Å². The van der Waals surface area contributed by atoms with Crippen molar-refractivity contribution in [2.75, 3.05) is 27.2 Å². The summed E-state index contributed by atoms with van der Waals surface area (Å²) in [6.07, 6.45) is 2.94. The van der Waals surface area contributed by atoms with Crippen LogP contribution in [0.15, 0.2) is 16.7 Å². The number of likely N-dealkylation sites (tertiary alicyclic amines) is 1. The predicted octanol–water partition coefficient (Wildman–Crippen LogP) is 1.14. The Labute approximate surface area is 111 Å². The van der Waals surface area contributed by atoms with E-state index < -0.39 is 5.97 Å². The topological polar surface area (TPSA) is 74.0 Å². The maximum Gasteiger partial charge on any atom is 0.338 e. The molecule has 2 heterocycles. The molecule has 19 heavy (non-hydrogen) atoms. The van der Waals surface area contributed by atoms with Crippen LogP contribution in [0.4, 0.5) is 0 Å². The summed E-state index contributed by atoms with van der Waals surface area (Å²) in [6, 6.07) is 1.46. The smallest absolute Gasteiger partial charge is 0.338 e. The second-order valence-electron chi connectivity index (χ2n) is 4.96. The fourth-order valence-corrected chi connectivity index (χ4v) is 2.28. The van der Waals surface area contributed by atoms with Gasteiger partial charge in [0.15, 0.2) is 5.76 Å². The number of carbonyl (C=O) groups excluding carboxylic acids is 1. The van der Waals surface area contributed by atoms with Gasteiger partial charge >= 0.3 is 5.97 Å². The minimum absolute atomic E-state index is 0.000118. The van der Waals surface area contributed by atoms with Crippen molar-refractivity contribution >= 4 is 11.9 Å². The van der Waals surface area contributed by atoms with Gasteiger partial charge in [0, 0.05) is 19.2 Å². The monoisotopic (exact) mass is 266 g/mol. The predicted molar refractivity (Wildman–Crippen MR) is 68.3 cm³/mol. The van der Waals surface area contributed by atoms with E-state index in [1.165, 1.54) is 6.07 Å². The van der Waals surface area contributed by atoms with E-state index in [9.17, 15) is 9.59 Å². The van der Waals surface area contributed by atoms with Crippen LogP contribution >= 0.6 is 0 Å². The van der Waals surface area contributed by atoms with Crippen molar-refractivity contribution in [2.24, 2.45) is 0 Å². The highest BCUT2D eigenvalue weighted by atomic mass is 16.4. The van der Waals surface area contributed by atoms with Crippen LogP contribution in [0.3, 0.4) is 0 Å². The van der Waals surface area contributed by atoms with Gasteiger partial charge in [0.25, 0.3) is 5.91 Å². The highest BCUT2D eigenvalue weighted by molar-refractivity contribution is 5.95. The van der Waals surface area contributed by atoms with Crippen molar-refractivity contribution in [3.8, 4) is 0 Å². The van der Waals surface area contributed by atoms with Gasteiger partial charge in [0.2, 0.25) is 0 Å². The van der Waals surface area contributed by atoms with Gasteiger partial charge in [-0.15, -0.1) is 0 Å². The Kier molecular flexibility index (Phi) is 3.90. The normalized spacial score (nSPS) is 17.4. The van der Waals surface area contributed by atoms with Crippen LogP contribution in [0.25, 0.3) is 0 Å². The standard InChI is InChI=1S/C13H18N2O4/c1-14-5-3-10(4-6-14)15(2)12(16)11-7-9(8-19-11)13(17)18/h7-8,10H,3-6H2,1-2H3,(H,17,18). The Balaban J connectivity index is 2.03. The molecule has 0 spiro atoms. The summed E-state index contributed by atoms with van der Waals surface area (Å²) in [5.41, 5.74) is 0.000118. The number of amides is 1. The van der Waals surface area contributed by atoms with Crippen molar-refractivity contribution in [3.05, 3.63) is 23.7 Å². The molecule has 6 heteroatoms. The van der Waals surface area contributed by atoms with Gasteiger partial charge < -0.3 is 19.3 Å². The van der Waals surface area contributed by atoms with Gasteiger partial charge in [0.05, 0.1) is 5.56 Å². The Morgan fingerprint density at radius 2 is 2.05 bits per heavy atom. The molecule has 0 saturated carbocycles. The lowest BCUT2D eigenvalue weighted by atomic mass is 10.0. The lowest BCUT2D eigenvalue weighted by Gasteiger charge is -2.34. The molecule has 1 N–H and O–H groups in total. The van der Waals surface area contributed by atoms with Crippen LogP contribution in [0.5, 0.6) is 0 Å². The average molecular weight is 266 g/mol. The van der Waals surface area contributed by atoms with Crippen molar-refractivity contribution in [1.82, 2.24) is 9.80 Å². The van der Waals surface area contributed by atoms with E-state index in [4.69, 9.17) is 9.52 Å². The highest BCUT2D eigenvalue weighted by Crippen LogP contribution is 2.18. The number of carboxylic acids is 1. The molecular weight excluding hydrogens is 248 g/mol. The van der Waals surface area contributed by atoms with E-state index in [-0.39, 0.29) is 23.3 Å². The molecule has 1 amide bonds. The summed E-state index contributed by atoms with van der Waals surface area (Å²) in [7, 11) is 3.80. The molecule has 6 nitrogen and oxygen atoms in total. The average Bonchev–Trinajstić information content (AvgIpc) is 2.87. The number of rotatable bonds is 3. The van der Waals surface area contributed by atoms with E-state index in [0.717, 1.165) is 32.2 Å². The zero-order valence-corrected chi connectivity index (χ0v) is 11.1. The number of carbonyl (C=O) groups is 2. The van der Waals surface area contributed by atoms with Crippen LogP contribution in [-0.2, 0) is 0 Å². The third kappa shape index (κ3) is 2.96. The first-order valence-electron chi connectivity index (χ1n) is 6.26. The van der Waals surface area contributed by atoms with E-state index in [0.29, 0.717) is 0 Å². The van der Waals surface area contributed by atoms with E-state index >= 15 is 0 Å². The third-order valence-corrected chi connectivity index (χ3v) is 3.61. The zero-order valence-electron chi connectivity index (χ0n) is 11.1. The number of hydrogen-bond donors (Lipinski definition) is 1. The molecule has 1 aliphatic heterocycles. The number of aromatic carboxylic acids is 1. The molecule has 1 fully saturated rings. The van der Waals surface area contributed by atoms with Gasteiger partial charge in [-0.25, -0.2) is 4.79 Å². The Morgan fingerprint density at radius 3 is 2.58 bits per heavy atom. The summed E-state index contributed by atoms with van der Waals surface area (Å²) in [6.45, 7) is 1.92. The number of furan rings is 1. The summed E-state index contributed by atoms with van der Waals surface area (Å²) in [5, 5.41) is 8.81. The number of nitrogens with zero attached hydrogens (tertiary/aromatic N) is 2. The highest BCUT2D eigenvalue weighted by Gasteiger charge is 2.26. The van der Waals surface area contributed by atoms with E-state index in [1.807, 2.05) is 0 Å². The summed E-state index contributed by atoms with van der Waals surface area (Å²) >= 11 is 0. The maximum atomic E-state index is 12.2. The Bertz CT molecular complexity index is 475. The Morgan fingerprint density at radius 1 is 1.42 bits per heavy atom. The first-order valence-corrected chi connectivity index (χ1v) is 6.26. The molecule has 0 atom stereocenters. The molecular formula is C13H18N2O4. The number of carboxylic acid groups (broad SMARTS) is 1. The van der Waals surface area contributed by atoms with Crippen molar-refractivity contribution in [1.29, 1.82) is 0 Å². The first kappa shape index (κ1) is 13.6. The molecule has 0 unspecified atom stereocenters. The number of piperidine rings is 1. The van der Waals surface area contributed by atoms with Gasteiger partial charge in [-0.2, -0.15) is 0 Å². The SMILES string of the molecule is CN1CCC(N(C)C(=O)c2cc(C(=O)O)co2)CC1. The molecule has 1 aliphatic rings. The molecule has 1 aromatic heterocycles. The molecule has 104 valence electrons. The van der Waals surface area contributed by atoms with Gasteiger partial charge in [0.1, 0.15) is 6.26 Å². The lowest BCUT2D eigenvalue weighted by Crippen LogP contribution is -2.44. The molecule has 0 aromatic carbocycles. The van der Waals surface area contributed by atoms with Gasteiger partial charge in [-0.05, 0) is 33.0 Å². The largest absolute Gasteiger partial charge is 0.478 e. The quantitative estimate of drug-likeness (QED) is 0.888. The molecule has 1 saturated heterocycles.